The minimum atomic E-state index is -0.173. The van der Waals surface area contributed by atoms with E-state index in [2.05, 4.69) is 5.32 Å². The van der Waals surface area contributed by atoms with Crippen LogP contribution in [0.5, 0.6) is 0 Å². The summed E-state index contributed by atoms with van der Waals surface area (Å²) < 4.78 is 0. The lowest BCUT2D eigenvalue weighted by Crippen LogP contribution is -2.23. The first-order valence-corrected chi connectivity index (χ1v) is 9.73. The molecular weight excluding hydrogens is 362 g/mol. The normalized spacial score (nSPS) is 13.4. The van der Waals surface area contributed by atoms with Crippen molar-refractivity contribution in [3.05, 3.63) is 84.4 Å². The van der Waals surface area contributed by atoms with E-state index in [0.29, 0.717) is 17.7 Å². The zero-order valence-corrected chi connectivity index (χ0v) is 16.3. The van der Waals surface area contributed by atoms with Gasteiger partial charge in [-0.3, -0.25) is 9.59 Å². The van der Waals surface area contributed by atoms with Gasteiger partial charge in [-0.25, -0.2) is 0 Å². The molecule has 0 aliphatic carbocycles. The maximum atomic E-state index is 13.0. The van der Waals surface area contributed by atoms with Crippen molar-refractivity contribution in [1.82, 2.24) is 0 Å². The fraction of sp³-hybridized carbons (Fsp3) is 0.167. The smallest absolute Gasteiger partial charge is 0.257 e. The SMILES string of the molecule is CN(c1ccccc1)c1ccccc1C(=O)Nc1ccc(N2CCCC2=O)cc1. The second kappa shape index (κ2) is 8.19. The highest BCUT2D eigenvalue weighted by Crippen LogP contribution is 2.28. The van der Waals surface area contributed by atoms with Gasteiger partial charge < -0.3 is 15.1 Å². The molecule has 1 saturated heterocycles. The van der Waals surface area contributed by atoms with Crippen molar-refractivity contribution >= 4 is 34.6 Å². The maximum Gasteiger partial charge on any atom is 0.257 e. The Balaban J connectivity index is 1.53. The number of anilines is 4. The van der Waals surface area contributed by atoms with Crippen LogP contribution in [0.1, 0.15) is 23.2 Å². The summed E-state index contributed by atoms with van der Waals surface area (Å²) in [6.07, 6.45) is 1.49. The molecule has 1 heterocycles. The fourth-order valence-corrected chi connectivity index (χ4v) is 3.59. The minimum Gasteiger partial charge on any atom is -0.344 e. The van der Waals surface area contributed by atoms with Crippen LogP contribution in [0.3, 0.4) is 0 Å². The summed E-state index contributed by atoms with van der Waals surface area (Å²) in [5, 5.41) is 2.96. The summed E-state index contributed by atoms with van der Waals surface area (Å²) in [5.74, 6) is -0.0203. The third-order valence-corrected chi connectivity index (χ3v) is 5.16. The number of para-hydroxylation sites is 2. The molecule has 0 radical (unpaired) electrons. The maximum absolute atomic E-state index is 13.0. The molecule has 0 aromatic heterocycles. The van der Waals surface area contributed by atoms with E-state index >= 15 is 0 Å². The van der Waals surface area contributed by atoms with E-state index in [4.69, 9.17) is 0 Å². The Morgan fingerprint density at radius 3 is 2.31 bits per heavy atom. The molecule has 0 bridgehead atoms. The first-order valence-electron chi connectivity index (χ1n) is 9.73. The highest BCUT2D eigenvalue weighted by Gasteiger charge is 2.21. The summed E-state index contributed by atoms with van der Waals surface area (Å²) in [6.45, 7) is 0.754. The Kier molecular flexibility index (Phi) is 5.29. The van der Waals surface area contributed by atoms with E-state index in [9.17, 15) is 9.59 Å². The molecule has 3 aromatic rings. The predicted octanol–water partition coefficient (Wildman–Crippen LogP) is 4.83. The molecule has 5 nitrogen and oxygen atoms in total. The van der Waals surface area contributed by atoms with Crippen LogP contribution >= 0.6 is 0 Å². The van der Waals surface area contributed by atoms with Gasteiger partial charge >= 0.3 is 0 Å². The highest BCUT2D eigenvalue weighted by molar-refractivity contribution is 6.08. The molecule has 5 heteroatoms. The lowest BCUT2D eigenvalue weighted by atomic mass is 10.1. The van der Waals surface area contributed by atoms with Crippen LogP contribution in [0, 0.1) is 0 Å². The van der Waals surface area contributed by atoms with Gasteiger partial charge in [0.15, 0.2) is 0 Å². The van der Waals surface area contributed by atoms with Crippen molar-refractivity contribution < 1.29 is 9.59 Å². The third-order valence-electron chi connectivity index (χ3n) is 5.16. The molecule has 0 unspecified atom stereocenters. The lowest BCUT2D eigenvalue weighted by molar-refractivity contribution is -0.117. The van der Waals surface area contributed by atoms with Gasteiger partial charge in [0.05, 0.1) is 11.3 Å². The molecule has 2 amide bonds. The number of rotatable bonds is 5. The molecular formula is C24H23N3O2. The summed E-state index contributed by atoms with van der Waals surface area (Å²) in [6, 6.07) is 24.9. The van der Waals surface area contributed by atoms with Crippen molar-refractivity contribution in [2.45, 2.75) is 12.8 Å². The standard InChI is InChI=1S/C24H23N3O2/c1-26(19-8-3-2-4-9-19)22-11-6-5-10-21(22)24(29)25-18-13-15-20(16-14-18)27-17-7-12-23(27)28/h2-6,8-11,13-16H,7,12,17H2,1H3,(H,25,29). The Hall–Kier alpha value is -3.60. The van der Waals surface area contributed by atoms with Crippen LogP contribution in [0.15, 0.2) is 78.9 Å². The lowest BCUT2D eigenvalue weighted by Gasteiger charge is -2.22. The first-order chi connectivity index (χ1) is 14.1. The Morgan fingerprint density at radius 2 is 1.62 bits per heavy atom. The van der Waals surface area contributed by atoms with Gasteiger partial charge in [0, 0.05) is 37.1 Å². The van der Waals surface area contributed by atoms with Crippen molar-refractivity contribution in [3.63, 3.8) is 0 Å². The van der Waals surface area contributed by atoms with Crippen molar-refractivity contribution in [2.75, 3.05) is 28.7 Å². The zero-order valence-electron chi connectivity index (χ0n) is 16.3. The van der Waals surface area contributed by atoms with E-state index in [-0.39, 0.29) is 11.8 Å². The molecule has 3 aromatic carbocycles. The fourth-order valence-electron chi connectivity index (χ4n) is 3.59. The van der Waals surface area contributed by atoms with Gasteiger partial charge in [-0.15, -0.1) is 0 Å². The van der Waals surface area contributed by atoms with E-state index < -0.39 is 0 Å². The van der Waals surface area contributed by atoms with Crippen LogP contribution in [-0.2, 0) is 4.79 Å². The average Bonchev–Trinajstić information content (AvgIpc) is 3.20. The summed E-state index contributed by atoms with van der Waals surface area (Å²) in [5.41, 5.74) is 4.00. The molecule has 0 saturated carbocycles. The summed E-state index contributed by atoms with van der Waals surface area (Å²) in [4.78, 5) is 28.6. The number of amides is 2. The van der Waals surface area contributed by atoms with Crippen LogP contribution in [0.2, 0.25) is 0 Å². The van der Waals surface area contributed by atoms with Gasteiger partial charge in [0.1, 0.15) is 0 Å². The Bertz CT molecular complexity index is 1020. The van der Waals surface area contributed by atoms with Crippen LogP contribution in [0.25, 0.3) is 0 Å². The molecule has 1 aliphatic heterocycles. The molecule has 1 aliphatic rings. The van der Waals surface area contributed by atoms with Gasteiger partial charge in [0.25, 0.3) is 5.91 Å². The van der Waals surface area contributed by atoms with Crippen LogP contribution in [0.4, 0.5) is 22.7 Å². The summed E-state index contributed by atoms with van der Waals surface area (Å²) >= 11 is 0. The molecule has 0 atom stereocenters. The molecule has 146 valence electrons. The number of carbonyl (C=O) groups excluding carboxylic acids is 2. The summed E-state index contributed by atoms with van der Waals surface area (Å²) in [7, 11) is 1.95. The first kappa shape index (κ1) is 18.7. The van der Waals surface area contributed by atoms with E-state index in [1.165, 1.54) is 0 Å². The number of nitrogens with one attached hydrogen (secondary N) is 1. The van der Waals surface area contributed by atoms with E-state index in [0.717, 1.165) is 30.0 Å². The number of benzene rings is 3. The molecule has 1 N–H and O–H groups in total. The zero-order chi connectivity index (χ0) is 20.2. The van der Waals surface area contributed by atoms with Crippen molar-refractivity contribution in [2.24, 2.45) is 0 Å². The van der Waals surface area contributed by atoms with Gasteiger partial charge in [0.2, 0.25) is 5.91 Å². The van der Waals surface area contributed by atoms with Gasteiger partial charge in [-0.2, -0.15) is 0 Å². The third kappa shape index (κ3) is 3.99. The second-order valence-corrected chi connectivity index (χ2v) is 7.06. The molecule has 0 spiro atoms. The monoisotopic (exact) mass is 385 g/mol. The average molecular weight is 385 g/mol. The second-order valence-electron chi connectivity index (χ2n) is 7.06. The largest absolute Gasteiger partial charge is 0.344 e. The molecule has 29 heavy (non-hydrogen) atoms. The van der Waals surface area contributed by atoms with Crippen LogP contribution < -0.4 is 15.1 Å². The topological polar surface area (TPSA) is 52.7 Å². The van der Waals surface area contributed by atoms with Crippen LogP contribution in [-0.4, -0.2) is 25.4 Å². The van der Waals surface area contributed by atoms with Gasteiger partial charge in [-0.05, 0) is 55.0 Å². The Labute approximate surface area is 170 Å². The highest BCUT2D eigenvalue weighted by atomic mass is 16.2. The number of hydrogen-bond acceptors (Lipinski definition) is 3. The quantitative estimate of drug-likeness (QED) is 0.684. The Morgan fingerprint density at radius 1 is 0.931 bits per heavy atom. The van der Waals surface area contributed by atoms with E-state index in [1.54, 1.807) is 4.90 Å². The molecule has 1 fully saturated rings. The van der Waals surface area contributed by atoms with Crippen molar-refractivity contribution in [1.29, 1.82) is 0 Å². The molecule has 4 rings (SSSR count). The van der Waals surface area contributed by atoms with E-state index in [1.807, 2.05) is 90.8 Å². The number of nitrogens with zero attached hydrogens (tertiary/aromatic N) is 2. The predicted molar refractivity (Wildman–Crippen MR) is 117 cm³/mol. The number of hydrogen-bond donors (Lipinski definition) is 1. The minimum absolute atomic E-state index is 0.152. The number of carbonyl (C=O) groups is 2. The van der Waals surface area contributed by atoms with Gasteiger partial charge in [-0.1, -0.05) is 30.3 Å². The van der Waals surface area contributed by atoms with Crippen molar-refractivity contribution in [3.8, 4) is 0 Å².